The van der Waals surface area contributed by atoms with Crippen molar-refractivity contribution in [3.8, 4) is 0 Å². The molecule has 0 saturated carbocycles. The number of fused-ring (bicyclic) bond motifs is 1. The summed E-state index contributed by atoms with van der Waals surface area (Å²) >= 11 is 0. The lowest BCUT2D eigenvalue weighted by atomic mass is 10.1. The minimum atomic E-state index is -0.157. The number of hydrogen-bond donors (Lipinski definition) is 2. The molecule has 1 atom stereocenters. The number of hydrogen-bond acceptors (Lipinski definition) is 3. The Balaban J connectivity index is 1.81. The molecule has 0 spiro atoms. The number of aromatic nitrogens is 2. The molecule has 2 N–H and O–H groups in total. The van der Waals surface area contributed by atoms with Gasteiger partial charge in [-0.2, -0.15) is 5.10 Å². The van der Waals surface area contributed by atoms with Crippen molar-refractivity contribution in [2.45, 2.75) is 32.4 Å². The molecule has 0 bridgehead atoms. The van der Waals surface area contributed by atoms with Gasteiger partial charge in [-0.3, -0.25) is 4.68 Å². The molecule has 2 aromatic rings. The zero-order valence-electron chi connectivity index (χ0n) is 12.3. The topological polar surface area (TPSA) is 70.4 Å². The van der Waals surface area contributed by atoms with Gasteiger partial charge >= 0.3 is 6.03 Å². The summed E-state index contributed by atoms with van der Waals surface area (Å²) < 4.78 is 1.94. The summed E-state index contributed by atoms with van der Waals surface area (Å²) in [7, 11) is 0. The molecule has 2 amide bonds. The number of anilines is 1. The number of likely N-dealkylation sites (tertiary alicyclic amines) is 1. The third kappa shape index (κ3) is 2.47. The number of rotatable bonds is 3. The molecular weight excluding hydrogens is 268 g/mol. The van der Waals surface area contributed by atoms with E-state index in [9.17, 15) is 4.79 Å². The summed E-state index contributed by atoms with van der Waals surface area (Å²) in [6.45, 7) is 4.86. The lowest BCUT2D eigenvalue weighted by molar-refractivity contribution is 0.0771. The number of carbonyl (C=O) groups is 1. The molecule has 6 nitrogen and oxygen atoms in total. The minimum absolute atomic E-state index is 0.0204. The highest BCUT2D eigenvalue weighted by atomic mass is 16.3. The fourth-order valence-corrected chi connectivity index (χ4v) is 2.62. The number of benzene rings is 1. The maximum Gasteiger partial charge on any atom is 0.322 e. The highest BCUT2D eigenvalue weighted by Gasteiger charge is 2.31. The largest absolute Gasteiger partial charge is 0.394 e. The first-order valence-electron chi connectivity index (χ1n) is 7.26. The van der Waals surface area contributed by atoms with Gasteiger partial charge in [-0.15, -0.1) is 0 Å². The molecule has 1 aliphatic rings. The van der Waals surface area contributed by atoms with E-state index in [0.717, 1.165) is 23.0 Å². The molecule has 0 aliphatic carbocycles. The second kappa shape index (κ2) is 5.37. The van der Waals surface area contributed by atoms with E-state index in [1.165, 1.54) is 0 Å². The highest BCUT2D eigenvalue weighted by molar-refractivity contribution is 5.93. The lowest BCUT2D eigenvalue weighted by Crippen LogP contribution is -2.54. The van der Waals surface area contributed by atoms with Gasteiger partial charge < -0.3 is 15.3 Å². The van der Waals surface area contributed by atoms with Crippen LogP contribution in [0.4, 0.5) is 10.5 Å². The van der Waals surface area contributed by atoms with Crippen molar-refractivity contribution in [2.75, 3.05) is 18.5 Å². The molecule has 0 radical (unpaired) electrons. The van der Waals surface area contributed by atoms with Gasteiger partial charge in [0.15, 0.2) is 0 Å². The molecule has 2 heterocycles. The second-order valence-corrected chi connectivity index (χ2v) is 5.71. The monoisotopic (exact) mass is 288 g/mol. The molecule has 1 aromatic carbocycles. The van der Waals surface area contributed by atoms with Crippen molar-refractivity contribution in [3.63, 3.8) is 0 Å². The molecule has 3 rings (SSSR count). The molecule has 1 saturated heterocycles. The standard InChI is InChI=1S/C15H20N4O2/c1-10(2)19-14-7-12(4-3-11(14)8-16-19)17-15(21)18-6-5-13(18)9-20/h3-4,7-8,10,13,20H,5-6,9H2,1-2H3,(H,17,21). The van der Waals surface area contributed by atoms with Crippen molar-refractivity contribution >= 4 is 22.6 Å². The van der Waals surface area contributed by atoms with E-state index >= 15 is 0 Å². The SMILES string of the molecule is CC(C)n1ncc2ccc(NC(=O)N3CCC3CO)cc21. The van der Waals surface area contributed by atoms with Crippen molar-refractivity contribution in [1.29, 1.82) is 0 Å². The zero-order valence-corrected chi connectivity index (χ0v) is 12.3. The first-order chi connectivity index (χ1) is 10.1. The number of nitrogens with zero attached hydrogens (tertiary/aromatic N) is 3. The second-order valence-electron chi connectivity index (χ2n) is 5.71. The van der Waals surface area contributed by atoms with E-state index < -0.39 is 0 Å². The fourth-order valence-electron chi connectivity index (χ4n) is 2.62. The zero-order chi connectivity index (χ0) is 15.0. The smallest absolute Gasteiger partial charge is 0.322 e. The summed E-state index contributed by atoms with van der Waals surface area (Å²) in [5.74, 6) is 0. The van der Waals surface area contributed by atoms with Crippen LogP contribution in [0.15, 0.2) is 24.4 Å². The van der Waals surface area contributed by atoms with Gasteiger partial charge in [-0.05, 0) is 38.5 Å². The molecular formula is C15H20N4O2. The van der Waals surface area contributed by atoms with Crippen molar-refractivity contribution in [1.82, 2.24) is 14.7 Å². The summed E-state index contributed by atoms with van der Waals surface area (Å²) in [5, 5.41) is 17.5. The van der Waals surface area contributed by atoms with Crippen LogP contribution in [0, 0.1) is 0 Å². The van der Waals surface area contributed by atoms with Gasteiger partial charge in [0.05, 0.1) is 24.4 Å². The van der Waals surface area contributed by atoms with Crippen LogP contribution in [0.2, 0.25) is 0 Å². The van der Waals surface area contributed by atoms with E-state index in [1.54, 1.807) is 4.90 Å². The predicted octanol–water partition coefficient (Wildman–Crippen LogP) is 2.22. The number of carbonyl (C=O) groups excluding carboxylic acids is 1. The number of aliphatic hydroxyl groups is 1. The van der Waals surface area contributed by atoms with E-state index in [1.807, 2.05) is 29.1 Å². The fraction of sp³-hybridized carbons (Fsp3) is 0.467. The Morgan fingerprint density at radius 3 is 2.95 bits per heavy atom. The van der Waals surface area contributed by atoms with Gasteiger partial charge in [0, 0.05) is 23.7 Å². The Kier molecular flexibility index (Phi) is 3.55. The molecule has 6 heteroatoms. The normalized spacial score (nSPS) is 18.1. The van der Waals surface area contributed by atoms with Gasteiger partial charge in [0.25, 0.3) is 0 Å². The molecule has 1 aliphatic heterocycles. The maximum absolute atomic E-state index is 12.1. The number of urea groups is 1. The van der Waals surface area contributed by atoms with Crippen molar-refractivity contribution < 1.29 is 9.90 Å². The summed E-state index contributed by atoms with van der Waals surface area (Å²) in [6.07, 6.45) is 2.70. The van der Waals surface area contributed by atoms with Crippen LogP contribution in [0.5, 0.6) is 0 Å². The van der Waals surface area contributed by atoms with Gasteiger partial charge in [0.2, 0.25) is 0 Å². The van der Waals surface area contributed by atoms with Crippen molar-refractivity contribution in [3.05, 3.63) is 24.4 Å². The van der Waals surface area contributed by atoms with E-state index in [4.69, 9.17) is 5.11 Å². The number of nitrogens with one attached hydrogen (secondary N) is 1. The first kappa shape index (κ1) is 13.9. The van der Waals surface area contributed by atoms with Crippen LogP contribution in [-0.2, 0) is 0 Å². The van der Waals surface area contributed by atoms with Crippen LogP contribution in [-0.4, -0.2) is 45.0 Å². The molecule has 1 fully saturated rings. The van der Waals surface area contributed by atoms with Crippen LogP contribution in [0.3, 0.4) is 0 Å². The lowest BCUT2D eigenvalue weighted by Gasteiger charge is -2.39. The minimum Gasteiger partial charge on any atom is -0.394 e. The third-order valence-electron chi connectivity index (χ3n) is 3.95. The van der Waals surface area contributed by atoms with Gasteiger partial charge in [-0.1, -0.05) is 0 Å². The van der Waals surface area contributed by atoms with Gasteiger partial charge in [0.1, 0.15) is 0 Å². The maximum atomic E-state index is 12.1. The van der Waals surface area contributed by atoms with Crippen LogP contribution >= 0.6 is 0 Å². The van der Waals surface area contributed by atoms with E-state index in [2.05, 4.69) is 24.3 Å². The Labute approximate surface area is 123 Å². The van der Waals surface area contributed by atoms with Crippen LogP contribution < -0.4 is 5.32 Å². The molecule has 1 unspecified atom stereocenters. The summed E-state index contributed by atoms with van der Waals surface area (Å²) in [6, 6.07) is 5.83. The molecule has 1 aromatic heterocycles. The quantitative estimate of drug-likeness (QED) is 0.909. The average molecular weight is 288 g/mol. The summed E-state index contributed by atoms with van der Waals surface area (Å²) in [4.78, 5) is 13.8. The predicted molar refractivity (Wildman–Crippen MR) is 81.3 cm³/mol. The first-order valence-corrected chi connectivity index (χ1v) is 7.26. The van der Waals surface area contributed by atoms with E-state index in [0.29, 0.717) is 6.54 Å². The Bertz CT molecular complexity index is 663. The molecule has 21 heavy (non-hydrogen) atoms. The highest BCUT2D eigenvalue weighted by Crippen LogP contribution is 2.23. The van der Waals surface area contributed by atoms with Crippen LogP contribution in [0.25, 0.3) is 10.9 Å². The molecule has 112 valence electrons. The third-order valence-corrected chi connectivity index (χ3v) is 3.95. The van der Waals surface area contributed by atoms with Gasteiger partial charge in [-0.25, -0.2) is 4.79 Å². The average Bonchev–Trinajstić information content (AvgIpc) is 2.81. The van der Waals surface area contributed by atoms with Crippen molar-refractivity contribution in [2.24, 2.45) is 0 Å². The number of aliphatic hydroxyl groups excluding tert-OH is 1. The Morgan fingerprint density at radius 1 is 1.52 bits per heavy atom. The van der Waals surface area contributed by atoms with Crippen LogP contribution in [0.1, 0.15) is 26.3 Å². The summed E-state index contributed by atoms with van der Waals surface area (Å²) in [5.41, 5.74) is 1.75. The van der Waals surface area contributed by atoms with E-state index in [-0.39, 0.29) is 24.7 Å². The Hall–Kier alpha value is -2.08. The Morgan fingerprint density at radius 2 is 2.33 bits per heavy atom. The number of amides is 2.